The topological polar surface area (TPSA) is 35.6 Å². The Morgan fingerprint density at radius 3 is 2.21 bits per heavy atom. The molecule has 2 aliphatic rings. The first-order chi connectivity index (χ1) is 20.4. The highest BCUT2D eigenvalue weighted by Crippen LogP contribution is 2.33. The van der Waals surface area contributed by atoms with Crippen molar-refractivity contribution < 1.29 is 4.79 Å². The molecule has 4 nitrogen and oxygen atoms in total. The van der Waals surface area contributed by atoms with Crippen LogP contribution in [-0.4, -0.2) is 61.5 Å². The minimum atomic E-state index is 0.172. The molecule has 1 aromatic carbocycles. The lowest BCUT2D eigenvalue weighted by Gasteiger charge is -2.38. The molecule has 0 radical (unpaired) electrons. The molecule has 1 saturated heterocycles. The van der Waals surface area contributed by atoms with Gasteiger partial charge in [0.15, 0.2) is 0 Å². The zero-order valence-electron chi connectivity index (χ0n) is 28.5. The highest BCUT2D eigenvalue weighted by atomic mass is 16.2. The summed E-state index contributed by atoms with van der Waals surface area (Å²) in [7, 11) is 4.42. The smallest absolute Gasteiger partial charge is 0.253 e. The van der Waals surface area contributed by atoms with Gasteiger partial charge in [-0.1, -0.05) is 120 Å². The Balaban J connectivity index is 0.000000841. The van der Waals surface area contributed by atoms with Gasteiger partial charge in [0, 0.05) is 30.7 Å². The zero-order valence-corrected chi connectivity index (χ0v) is 28.5. The number of carbonyl (C=O) groups excluding carboxylic acids is 1. The van der Waals surface area contributed by atoms with Crippen molar-refractivity contribution in [1.82, 2.24) is 15.1 Å². The molecule has 3 rings (SSSR count). The third-order valence-corrected chi connectivity index (χ3v) is 8.56. The van der Waals surface area contributed by atoms with Crippen LogP contribution in [0, 0.1) is 18.8 Å². The van der Waals surface area contributed by atoms with E-state index in [1.807, 2.05) is 44.2 Å². The third kappa shape index (κ3) is 15.3. The van der Waals surface area contributed by atoms with Crippen LogP contribution < -0.4 is 5.32 Å². The summed E-state index contributed by atoms with van der Waals surface area (Å²) in [5.41, 5.74) is 2.34. The van der Waals surface area contributed by atoms with Crippen molar-refractivity contribution >= 4 is 5.91 Å². The van der Waals surface area contributed by atoms with Gasteiger partial charge in [-0.3, -0.25) is 4.79 Å². The largest absolute Gasteiger partial charge is 0.338 e. The molecule has 0 aromatic heterocycles. The molecular weight excluding hydrogens is 514 g/mol. The second kappa shape index (κ2) is 22.4. The lowest BCUT2D eigenvalue weighted by molar-refractivity contribution is -0.125. The Hall–Kier alpha value is -2.17. The number of hydrogen-bond donors (Lipinski definition) is 1. The number of allylic oxidation sites excluding steroid dienone is 3. The van der Waals surface area contributed by atoms with Gasteiger partial charge in [-0.05, 0) is 84.3 Å². The van der Waals surface area contributed by atoms with Crippen molar-refractivity contribution in [3.63, 3.8) is 0 Å². The number of rotatable bonds is 17. The Bertz CT molecular complexity index is 894. The van der Waals surface area contributed by atoms with Gasteiger partial charge in [0.05, 0.1) is 0 Å². The summed E-state index contributed by atoms with van der Waals surface area (Å²) in [5, 5.41) is 3.70. The van der Waals surface area contributed by atoms with E-state index in [1.54, 1.807) is 6.08 Å². The summed E-state index contributed by atoms with van der Waals surface area (Å²) < 4.78 is 0. The van der Waals surface area contributed by atoms with Crippen LogP contribution in [0.1, 0.15) is 104 Å². The van der Waals surface area contributed by atoms with E-state index in [9.17, 15) is 4.79 Å². The molecule has 1 amide bonds. The number of nitrogens with zero attached hydrogens (tertiary/aromatic N) is 2. The number of likely N-dealkylation sites (tertiary alicyclic amines) is 1. The summed E-state index contributed by atoms with van der Waals surface area (Å²) >= 11 is 0. The van der Waals surface area contributed by atoms with E-state index in [0.29, 0.717) is 5.92 Å². The minimum Gasteiger partial charge on any atom is -0.338 e. The summed E-state index contributed by atoms with van der Waals surface area (Å²) in [6.45, 7) is 18.4. The van der Waals surface area contributed by atoms with Gasteiger partial charge in [0.25, 0.3) is 5.91 Å². The van der Waals surface area contributed by atoms with Crippen molar-refractivity contribution in [2.75, 3.05) is 40.3 Å². The van der Waals surface area contributed by atoms with Crippen LogP contribution in [0.4, 0.5) is 0 Å². The number of carbonyl (C=O) groups is 1. The van der Waals surface area contributed by atoms with Crippen LogP contribution in [0.15, 0.2) is 66.8 Å². The van der Waals surface area contributed by atoms with Crippen LogP contribution in [0.2, 0.25) is 0 Å². The zero-order chi connectivity index (χ0) is 31.2. The molecule has 1 aliphatic carbocycles. The van der Waals surface area contributed by atoms with E-state index in [4.69, 9.17) is 0 Å². The Labute approximate surface area is 260 Å². The normalized spacial score (nSPS) is 17.1. The molecule has 1 aromatic rings. The molecule has 1 unspecified atom stereocenters. The number of aryl methyl sites for hydroxylation is 1. The number of amides is 1. The predicted octanol–water partition coefficient (Wildman–Crippen LogP) is 8.99. The summed E-state index contributed by atoms with van der Waals surface area (Å²) in [6.07, 6.45) is 21.5. The highest BCUT2D eigenvalue weighted by Gasteiger charge is 2.30. The average Bonchev–Trinajstić information content (AvgIpc) is 3.72. The number of nitrogens with one attached hydrogen (secondary N) is 1. The van der Waals surface area contributed by atoms with Gasteiger partial charge in [-0.2, -0.15) is 0 Å². The van der Waals surface area contributed by atoms with E-state index in [2.05, 4.69) is 74.8 Å². The molecule has 1 N–H and O–H groups in total. The summed E-state index contributed by atoms with van der Waals surface area (Å²) in [5.74, 6) is 1.62. The molecule has 1 heterocycles. The van der Waals surface area contributed by atoms with Crippen molar-refractivity contribution in [2.45, 2.75) is 111 Å². The van der Waals surface area contributed by atoms with Gasteiger partial charge in [0.2, 0.25) is 0 Å². The van der Waals surface area contributed by atoms with E-state index in [-0.39, 0.29) is 11.4 Å². The fourth-order valence-corrected chi connectivity index (χ4v) is 5.68. The average molecular weight is 580 g/mol. The quantitative estimate of drug-likeness (QED) is 0.148. The first-order valence-corrected chi connectivity index (χ1v) is 17.0. The molecule has 1 aliphatic heterocycles. The summed E-state index contributed by atoms with van der Waals surface area (Å²) in [4.78, 5) is 17.7. The molecular formula is C38H65N3O. The molecule has 238 valence electrons. The standard InChI is InChI=1S/C29H51N3O.C7H8.C2H6/c1-6-9-19-29(30-4,20-10-7-2)24-31(5)21-17-26-18-22-32(23-26)28(33)27(12-8-3)14-11-13-25-15-16-25;1-7-5-3-2-4-6-7;1-2/h8,11-12,14,25-26,30H,3,6-7,9-10,13,15-24H2,1-2,4-5H3;2-6H,1H3;1-2H3/b14-11-,27-12+;;. The third-order valence-electron chi connectivity index (χ3n) is 8.56. The lowest BCUT2D eigenvalue weighted by atomic mass is 9.86. The second-order valence-electron chi connectivity index (χ2n) is 12.3. The minimum absolute atomic E-state index is 0.172. The monoisotopic (exact) mass is 580 g/mol. The van der Waals surface area contributed by atoms with Crippen molar-refractivity contribution in [2.24, 2.45) is 11.8 Å². The highest BCUT2D eigenvalue weighted by molar-refractivity contribution is 5.96. The molecule has 1 atom stereocenters. The molecule has 1 saturated carbocycles. The number of unbranched alkanes of at least 4 members (excludes halogenated alkanes) is 2. The maximum absolute atomic E-state index is 13.1. The fourth-order valence-electron chi connectivity index (χ4n) is 5.68. The Morgan fingerprint density at radius 2 is 1.71 bits per heavy atom. The first-order valence-electron chi connectivity index (χ1n) is 17.0. The predicted molar refractivity (Wildman–Crippen MR) is 185 cm³/mol. The van der Waals surface area contributed by atoms with Crippen LogP contribution in [-0.2, 0) is 4.79 Å². The van der Waals surface area contributed by atoms with E-state index in [1.165, 1.54) is 63.4 Å². The van der Waals surface area contributed by atoms with Gasteiger partial charge in [-0.25, -0.2) is 0 Å². The molecule has 4 heteroatoms. The number of benzene rings is 1. The van der Waals surface area contributed by atoms with Crippen LogP contribution >= 0.6 is 0 Å². The summed E-state index contributed by atoms with van der Waals surface area (Å²) in [6, 6.07) is 10.3. The fraction of sp³-hybridized carbons (Fsp3) is 0.658. The van der Waals surface area contributed by atoms with Crippen molar-refractivity contribution in [3.05, 3.63) is 72.4 Å². The molecule has 2 fully saturated rings. The van der Waals surface area contributed by atoms with Crippen molar-refractivity contribution in [3.8, 4) is 0 Å². The van der Waals surface area contributed by atoms with E-state index in [0.717, 1.165) is 50.5 Å². The molecule has 0 spiro atoms. The Morgan fingerprint density at radius 1 is 1.07 bits per heavy atom. The SMILES string of the molecule is C=C/C=C(\C=C/CC1CC1)C(=O)N1CCC(CCN(C)CC(CCCC)(CCCC)NC)C1.CC.Cc1ccccc1. The van der Waals surface area contributed by atoms with E-state index < -0.39 is 0 Å². The van der Waals surface area contributed by atoms with Gasteiger partial charge in [0.1, 0.15) is 0 Å². The van der Waals surface area contributed by atoms with Crippen LogP contribution in [0.25, 0.3) is 0 Å². The lowest BCUT2D eigenvalue weighted by Crippen LogP contribution is -2.51. The number of hydrogen-bond acceptors (Lipinski definition) is 3. The van der Waals surface area contributed by atoms with E-state index >= 15 is 0 Å². The van der Waals surface area contributed by atoms with Gasteiger partial charge < -0.3 is 15.1 Å². The molecule has 0 bridgehead atoms. The van der Waals surface area contributed by atoms with Crippen LogP contribution in [0.3, 0.4) is 0 Å². The van der Waals surface area contributed by atoms with Crippen molar-refractivity contribution in [1.29, 1.82) is 0 Å². The second-order valence-corrected chi connectivity index (χ2v) is 12.3. The van der Waals surface area contributed by atoms with Gasteiger partial charge >= 0.3 is 0 Å². The number of likely N-dealkylation sites (N-methyl/N-ethyl adjacent to an activating group) is 2. The molecule has 42 heavy (non-hydrogen) atoms. The van der Waals surface area contributed by atoms with Gasteiger partial charge in [-0.15, -0.1) is 0 Å². The Kier molecular flexibility index (Phi) is 20.2. The van der Waals surface area contributed by atoms with Crippen LogP contribution in [0.5, 0.6) is 0 Å². The maximum atomic E-state index is 13.1. The first kappa shape index (κ1) is 37.9. The maximum Gasteiger partial charge on any atom is 0.253 e.